The average Bonchev–Trinajstić information content (AvgIpc) is 3.50. The largest absolute Gasteiger partial charge is 1.00 e. The fourth-order valence-electron chi connectivity index (χ4n) is 3.66. The molecule has 1 fully saturated rings. The molecule has 0 aliphatic heterocycles. The van der Waals surface area contributed by atoms with Gasteiger partial charge in [0.2, 0.25) is 0 Å². The van der Waals surface area contributed by atoms with E-state index in [9.17, 15) is 0 Å². The lowest BCUT2D eigenvalue weighted by molar-refractivity contribution is -0.00000467. The van der Waals surface area contributed by atoms with Crippen LogP contribution >= 0.6 is 7.26 Å². The maximum absolute atomic E-state index is 2.35. The van der Waals surface area contributed by atoms with E-state index in [0.29, 0.717) is 0 Å². The Morgan fingerprint density at radius 1 is 0.600 bits per heavy atom. The van der Waals surface area contributed by atoms with Gasteiger partial charge in [-0.15, -0.1) is 0 Å². The summed E-state index contributed by atoms with van der Waals surface area (Å²) in [6.07, 6.45) is 5.50. The van der Waals surface area contributed by atoms with Gasteiger partial charge in [-0.3, -0.25) is 0 Å². The topological polar surface area (TPSA) is 0 Å². The van der Waals surface area contributed by atoms with Gasteiger partial charge in [0.05, 0.1) is 6.16 Å². The fourth-order valence-corrected chi connectivity index (χ4v) is 8.13. The van der Waals surface area contributed by atoms with Crippen molar-refractivity contribution in [2.75, 3.05) is 6.16 Å². The molecule has 2 heteroatoms. The summed E-state index contributed by atoms with van der Waals surface area (Å²) in [6.45, 7) is 0. The van der Waals surface area contributed by atoms with Crippen molar-refractivity contribution in [3.8, 4) is 0 Å². The Morgan fingerprint density at radius 2 is 0.960 bits per heavy atom. The molecule has 0 nitrogen and oxygen atoms in total. The molecule has 128 valence electrons. The third kappa shape index (κ3) is 3.99. The van der Waals surface area contributed by atoms with Gasteiger partial charge in [0.15, 0.2) is 0 Å². The van der Waals surface area contributed by atoms with Gasteiger partial charge in [0.1, 0.15) is 23.2 Å². The summed E-state index contributed by atoms with van der Waals surface area (Å²) in [5.74, 6) is 0.959. The van der Waals surface area contributed by atoms with Gasteiger partial charge >= 0.3 is 0 Å². The Balaban J connectivity index is 0.00000182. The van der Waals surface area contributed by atoms with Crippen LogP contribution in [0.4, 0.5) is 0 Å². The molecule has 1 aliphatic rings. The first-order valence-corrected chi connectivity index (χ1v) is 10.9. The highest BCUT2D eigenvalue weighted by Crippen LogP contribution is 2.57. The molecule has 0 amide bonds. The second kappa shape index (κ2) is 8.47. The van der Waals surface area contributed by atoms with E-state index in [1.54, 1.807) is 0 Å². The molecule has 0 spiro atoms. The standard InChI is InChI=1S/C23H24P.HI/c1-4-10-21(11-5-1)24(19-18-20-16-17-20,22-12-6-2-7-13-22)23-14-8-3-9-15-23;/h1-15,20H,16-19H2;1H/q+1;/p-1. The highest BCUT2D eigenvalue weighted by molar-refractivity contribution is 7.95. The summed E-state index contributed by atoms with van der Waals surface area (Å²) in [5, 5.41) is 4.55. The van der Waals surface area contributed by atoms with Crippen LogP contribution in [0.5, 0.6) is 0 Å². The molecule has 1 saturated carbocycles. The first-order valence-electron chi connectivity index (χ1n) is 8.94. The van der Waals surface area contributed by atoms with Crippen LogP contribution in [0.1, 0.15) is 19.3 Å². The maximum Gasteiger partial charge on any atom is 0.112 e. The second-order valence-corrected chi connectivity index (χ2v) is 10.4. The Morgan fingerprint density at radius 3 is 1.28 bits per heavy atom. The van der Waals surface area contributed by atoms with Gasteiger partial charge in [-0.25, -0.2) is 0 Å². The minimum absolute atomic E-state index is 0. The van der Waals surface area contributed by atoms with E-state index in [4.69, 9.17) is 0 Å². The average molecular weight is 458 g/mol. The molecule has 0 bridgehead atoms. The number of hydrogen-bond donors (Lipinski definition) is 0. The van der Waals surface area contributed by atoms with Crippen LogP contribution in [-0.2, 0) is 0 Å². The Bertz CT molecular complexity index is 670. The molecule has 3 aromatic rings. The monoisotopic (exact) mass is 458 g/mol. The zero-order valence-electron chi connectivity index (χ0n) is 14.4. The first-order chi connectivity index (χ1) is 11.9. The predicted molar refractivity (Wildman–Crippen MR) is 107 cm³/mol. The van der Waals surface area contributed by atoms with E-state index >= 15 is 0 Å². The number of hydrogen-bond acceptors (Lipinski definition) is 0. The van der Waals surface area contributed by atoms with Crippen molar-refractivity contribution in [1.29, 1.82) is 0 Å². The van der Waals surface area contributed by atoms with Crippen LogP contribution in [-0.4, -0.2) is 6.16 Å². The van der Waals surface area contributed by atoms with E-state index in [-0.39, 0.29) is 24.0 Å². The van der Waals surface area contributed by atoms with Crippen molar-refractivity contribution in [3.63, 3.8) is 0 Å². The second-order valence-electron chi connectivity index (χ2n) is 6.77. The van der Waals surface area contributed by atoms with Gasteiger partial charge in [-0.2, -0.15) is 0 Å². The Labute approximate surface area is 169 Å². The van der Waals surface area contributed by atoms with Crippen molar-refractivity contribution in [1.82, 2.24) is 0 Å². The summed E-state index contributed by atoms with van der Waals surface area (Å²) >= 11 is 0. The van der Waals surface area contributed by atoms with Crippen LogP contribution < -0.4 is 39.9 Å². The summed E-state index contributed by atoms with van der Waals surface area (Å²) < 4.78 is 0. The number of benzene rings is 3. The van der Waals surface area contributed by atoms with Crippen LogP contribution in [0.25, 0.3) is 0 Å². The zero-order valence-corrected chi connectivity index (χ0v) is 17.4. The Hall–Kier alpha value is -1.18. The summed E-state index contributed by atoms with van der Waals surface area (Å²) in [6, 6.07) is 33.7. The number of rotatable bonds is 6. The molecule has 1 aliphatic carbocycles. The van der Waals surface area contributed by atoms with E-state index < -0.39 is 7.26 Å². The highest BCUT2D eigenvalue weighted by atomic mass is 127. The molecule has 0 N–H and O–H groups in total. The summed E-state index contributed by atoms with van der Waals surface area (Å²) in [4.78, 5) is 0. The first kappa shape index (κ1) is 18.6. The normalized spacial score (nSPS) is 13.9. The lowest BCUT2D eigenvalue weighted by Gasteiger charge is -2.27. The molecule has 3 aromatic carbocycles. The fraction of sp³-hybridized carbons (Fsp3) is 0.217. The minimum atomic E-state index is -1.57. The van der Waals surface area contributed by atoms with Crippen LogP contribution in [0.2, 0.25) is 0 Å². The van der Waals surface area contributed by atoms with Gasteiger partial charge in [-0.1, -0.05) is 67.4 Å². The molecule has 0 atom stereocenters. The lowest BCUT2D eigenvalue weighted by atomic mass is 10.3. The van der Waals surface area contributed by atoms with E-state index in [1.165, 1.54) is 41.3 Å². The van der Waals surface area contributed by atoms with E-state index in [0.717, 1.165) is 5.92 Å². The molecule has 0 aromatic heterocycles. The molecule has 0 saturated heterocycles. The van der Waals surface area contributed by atoms with Gasteiger partial charge < -0.3 is 24.0 Å². The molecule has 4 rings (SSSR count). The Kier molecular flexibility index (Phi) is 6.30. The summed E-state index contributed by atoms with van der Waals surface area (Å²) in [5.41, 5.74) is 0. The quantitative estimate of drug-likeness (QED) is 0.391. The van der Waals surface area contributed by atoms with Crippen molar-refractivity contribution in [2.45, 2.75) is 19.3 Å². The van der Waals surface area contributed by atoms with E-state index in [2.05, 4.69) is 91.0 Å². The smallest absolute Gasteiger partial charge is 0.112 e. The van der Waals surface area contributed by atoms with Gasteiger partial charge in [0, 0.05) is 0 Å². The van der Waals surface area contributed by atoms with Crippen LogP contribution in [0.15, 0.2) is 91.0 Å². The zero-order chi connectivity index (χ0) is 16.2. The van der Waals surface area contributed by atoms with Crippen molar-refractivity contribution >= 4 is 23.2 Å². The van der Waals surface area contributed by atoms with Crippen molar-refractivity contribution in [2.24, 2.45) is 5.92 Å². The van der Waals surface area contributed by atoms with Crippen molar-refractivity contribution in [3.05, 3.63) is 91.0 Å². The minimum Gasteiger partial charge on any atom is -1.00 e. The number of halogens is 1. The SMILES string of the molecule is [I-].c1ccc([P+](CCC2CC2)(c2ccccc2)c2ccccc2)cc1. The summed E-state index contributed by atoms with van der Waals surface area (Å²) in [7, 11) is -1.57. The third-order valence-corrected chi connectivity index (χ3v) is 9.63. The molecule has 0 unspecified atom stereocenters. The third-order valence-electron chi connectivity index (χ3n) is 5.16. The molecular weight excluding hydrogens is 434 g/mol. The van der Waals surface area contributed by atoms with Gasteiger partial charge in [0.25, 0.3) is 0 Å². The molecule has 0 heterocycles. The van der Waals surface area contributed by atoms with Crippen molar-refractivity contribution < 1.29 is 24.0 Å². The van der Waals surface area contributed by atoms with Crippen LogP contribution in [0.3, 0.4) is 0 Å². The highest BCUT2D eigenvalue weighted by Gasteiger charge is 2.45. The molecular formula is C23H24IP. The lowest BCUT2D eigenvalue weighted by Crippen LogP contribution is -3.00. The maximum atomic E-state index is 2.35. The molecule has 25 heavy (non-hydrogen) atoms. The molecule has 0 radical (unpaired) electrons. The van der Waals surface area contributed by atoms with Gasteiger partial charge in [-0.05, 0) is 48.7 Å². The predicted octanol–water partition coefficient (Wildman–Crippen LogP) is 1.78. The van der Waals surface area contributed by atoms with Crippen LogP contribution in [0, 0.1) is 5.92 Å². The van der Waals surface area contributed by atoms with E-state index in [1.807, 2.05) is 0 Å².